The number of nitrogens with zero attached hydrogens (tertiary/aromatic N) is 4. The fourth-order valence-corrected chi connectivity index (χ4v) is 4.02. The average molecular weight is 392 g/mol. The van der Waals surface area contributed by atoms with Gasteiger partial charge in [0.25, 0.3) is 0 Å². The molecule has 1 aliphatic rings. The van der Waals surface area contributed by atoms with Crippen molar-refractivity contribution in [3.63, 3.8) is 0 Å². The summed E-state index contributed by atoms with van der Waals surface area (Å²) in [5, 5.41) is 8.69. The van der Waals surface area contributed by atoms with Crippen LogP contribution >= 0.6 is 0 Å². The second kappa shape index (κ2) is 8.74. The van der Waals surface area contributed by atoms with Crippen LogP contribution in [0, 0.1) is 5.92 Å². The molecule has 0 radical (unpaired) electrons. The molecule has 0 aliphatic carbocycles. The lowest BCUT2D eigenvalue weighted by Gasteiger charge is -2.32. The van der Waals surface area contributed by atoms with Crippen LogP contribution in [0.5, 0.6) is 0 Å². The number of carbonyl (C=O) groups excluding carboxylic acids is 1. The van der Waals surface area contributed by atoms with E-state index < -0.39 is 0 Å². The molecule has 0 saturated carbocycles. The van der Waals surface area contributed by atoms with Gasteiger partial charge in [-0.05, 0) is 30.9 Å². The summed E-state index contributed by atoms with van der Waals surface area (Å²) >= 11 is 0. The molecule has 0 atom stereocenters. The first kappa shape index (κ1) is 19.6. The minimum Gasteiger partial charge on any atom is -0.311 e. The van der Waals surface area contributed by atoms with Crippen molar-refractivity contribution in [2.75, 3.05) is 18.4 Å². The van der Waals surface area contributed by atoms with Gasteiger partial charge in [-0.15, -0.1) is 0 Å². The van der Waals surface area contributed by atoms with Crippen LogP contribution in [-0.4, -0.2) is 38.7 Å². The predicted molar refractivity (Wildman–Crippen MR) is 116 cm³/mol. The van der Waals surface area contributed by atoms with Gasteiger partial charge in [-0.2, -0.15) is 5.10 Å². The van der Waals surface area contributed by atoms with Crippen LogP contribution in [-0.2, 0) is 11.3 Å². The molecule has 1 fully saturated rings. The zero-order chi connectivity index (χ0) is 20.2. The number of hydrogen-bond acceptors (Lipinski definition) is 4. The fourth-order valence-electron chi connectivity index (χ4n) is 4.02. The Morgan fingerprint density at radius 3 is 2.72 bits per heavy atom. The zero-order valence-electron chi connectivity index (χ0n) is 17.2. The standard InChI is InChI=1S/C23H29N5O/c1-17(2)15-23(29)26-22-9-12-24-28(22)20-10-13-27(14-11-20)16-19-8-7-18-5-3-4-6-21(18)25-19/h3-9,12,17,20H,10-11,13-16H2,1-2H3,(H,26,29). The first-order valence-corrected chi connectivity index (χ1v) is 10.5. The molecule has 2 aromatic heterocycles. The van der Waals surface area contributed by atoms with Gasteiger partial charge in [0.15, 0.2) is 0 Å². The van der Waals surface area contributed by atoms with Crippen molar-refractivity contribution in [3.8, 4) is 0 Å². The van der Waals surface area contributed by atoms with Crippen LogP contribution in [0.25, 0.3) is 10.9 Å². The van der Waals surface area contributed by atoms with E-state index in [4.69, 9.17) is 4.98 Å². The lowest BCUT2D eigenvalue weighted by molar-refractivity contribution is -0.116. The van der Waals surface area contributed by atoms with Crippen molar-refractivity contribution in [1.29, 1.82) is 0 Å². The zero-order valence-corrected chi connectivity index (χ0v) is 17.2. The molecule has 6 nitrogen and oxygen atoms in total. The summed E-state index contributed by atoms with van der Waals surface area (Å²) in [5.41, 5.74) is 2.17. The highest BCUT2D eigenvalue weighted by molar-refractivity contribution is 5.89. The molecule has 3 aromatic rings. The normalized spacial score (nSPS) is 15.8. The maximum absolute atomic E-state index is 12.1. The molecule has 152 valence electrons. The Kier molecular flexibility index (Phi) is 5.90. The van der Waals surface area contributed by atoms with E-state index in [0.29, 0.717) is 18.4 Å². The SMILES string of the molecule is CC(C)CC(=O)Nc1ccnn1C1CCN(Cc2ccc3ccccc3n2)CC1. The number of hydrogen-bond donors (Lipinski definition) is 1. The molecule has 6 heteroatoms. The second-order valence-electron chi connectivity index (χ2n) is 8.31. The van der Waals surface area contributed by atoms with Crippen LogP contribution < -0.4 is 5.32 Å². The largest absolute Gasteiger partial charge is 0.311 e. The molecule has 1 saturated heterocycles. The van der Waals surface area contributed by atoms with Crippen LogP contribution in [0.4, 0.5) is 5.82 Å². The summed E-state index contributed by atoms with van der Waals surface area (Å²) in [6, 6.07) is 14.7. The molecular formula is C23H29N5O. The smallest absolute Gasteiger partial charge is 0.225 e. The molecule has 29 heavy (non-hydrogen) atoms. The van der Waals surface area contributed by atoms with E-state index >= 15 is 0 Å². The minimum atomic E-state index is 0.0570. The molecule has 1 amide bonds. The Labute approximate surface area is 171 Å². The third kappa shape index (κ3) is 4.82. The Balaban J connectivity index is 1.35. The average Bonchev–Trinajstić information content (AvgIpc) is 3.16. The number of aromatic nitrogens is 3. The monoisotopic (exact) mass is 391 g/mol. The highest BCUT2D eigenvalue weighted by atomic mass is 16.1. The lowest BCUT2D eigenvalue weighted by Crippen LogP contribution is -2.35. The Morgan fingerprint density at radius 1 is 1.14 bits per heavy atom. The Bertz CT molecular complexity index is 972. The molecule has 0 bridgehead atoms. The highest BCUT2D eigenvalue weighted by Gasteiger charge is 2.23. The molecular weight excluding hydrogens is 362 g/mol. The van der Waals surface area contributed by atoms with Gasteiger partial charge in [-0.1, -0.05) is 38.1 Å². The molecule has 1 aromatic carbocycles. The number of likely N-dealkylation sites (tertiary alicyclic amines) is 1. The first-order chi connectivity index (χ1) is 14.1. The number of pyridine rings is 1. The van der Waals surface area contributed by atoms with Crippen LogP contribution in [0.3, 0.4) is 0 Å². The Morgan fingerprint density at radius 2 is 1.93 bits per heavy atom. The van der Waals surface area contributed by atoms with Crippen LogP contribution in [0.1, 0.15) is 44.8 Å². The number of para-hydroxylation sites is 1. The maximum atomic E-state index is 12.1. The summed E-state index contributed by atoms with van der Waals surface area (Å²) < 4.78 is 1.99. The van der Waals surface area contributed by atoms with Crippen molar-refractivity contribution in [3.05, 3.63) is 54.4 Å². The van der Waals surface area contributed by atoms with E-state index in [9.17, 15) is 4.79 Å². The first-order valence-electron chi connectivity index (χ1n) is 10.5. The summed E-state index contributed by atoms with van der Waals surface area (Å²) in [4.78, 5) is 19.4. The van der Waals surface area contributed by atoms with E-state index in [2.05, 4.69) is 53.4 Å². The summed E-state index contributed by atoms with van der Waals surface area (Å²) in [5.74, 6) is 1.21. The van der Waals surface area contributed by atoms with E-state index in [1.54, 1.807) is 6.20 Å². The lowest BCUT2D eigenvalue weighted by atomic mass is 10.0. The van der Waals surface area contributed by atoms with E-state index in [-0.39, 0.29) is 5.91 Å². The highest BCUT2D eigenvalue weighted by Crippen LogP contribution is 2.26. The third-order valence-corrected chi connectivity index (χ3v) is 5.48. The number of benzene rings is 1. The van der Waals surface area contributed by atoms with E-state index in [0.717, 1.165) is 49.5 Å². The molecule has 3 heterocycles. The number of fused-ring (bicyclic) bond motifs is 1. The third-order valence-electron chi connectivity index (χ3n) is 5.48. The molecule has 0 unspecified atom stereocenters. The van der Waals surface area contributed by atoms with Gasteiger partial charge >= 0.3 is 0 Å². The van der Waals surface area contributed by atoms with Gasteiger partial charge in [0.2, 0.25) is 5.91 Å². The summed E-state index contributed by atoms with van der Waals surface area (Å²) in [6.07, 6.45) is 4.34. The number of nitrogens with one attached hydrogen (secondary N) is 1. The predicted octanol–water partition coefficient (Wildman–Crippen LogP) is 4.25. The molecule has 4 rings (SSSR count). The molecule has 0 spiro atoms. The summed E-state index contributed by atoms with van der Waals surface area (Å²) in [6.45, 7) is 6.97. The van der Waals surface area contributed by atoms with Crippen molar-refractivity contribution < 1.29 is 4.79 Å². The van der Waals surface area contributed by atoms with E-state index in [1.807, 2.05) is 22.9 Å². The minimum absolute atomic E-state index is 0.0570. The van der Waals surface area contributed by atoms with Crippen molar-refractivity contribution in [1.82, 2.24) is 19.7 Å². The number of anilines is 1. The van der Waals surface area contributed by atoms with Gasteiger partial charge in [-0.3, -0.25) is 14.7 Å². The maximum Gasteiger partial charge on any atom is 0.225 e. The van der Waals surface area contributed by atoms with Crippen molar-refractivity contribution in [2.45, 2.75) is 45.7 Å². The molecule has 1 N–H and O–H groups in total. The van der Waals surface area contributed by atoms with E-state index in [1.165, 1.54) is 5.39 Å². The molecule has 1 aliphatic heterocycles. The van der Waals surface area contributed by atoms with Crippen molar-refractivity contribution >= 4 is 22.6 Å². The summed E-state index contributed by atoms with van der Waals surface area (Å²) in [7, 11) is 0. The van der Waals surface area contributed by atoms with Gasteiger partial charge in [0, 0.05) is 37.5 Å². The fraction of sp³-hybridized carbons (Fsp3) is 0.435. The number of rotatable bonds is 6. The number of amides is 1. The van der Waals surface area contributed by atoms with Crippen molar-refractivity contribution in [2.24, 2.45) is 5.92 Å². The number of piperidine rings is 1. The quantitative estimate of drug-likeness (QED) is 0.682. The van der Waals surface area contributed by atoms with Crippen LogP contribution in [0.15, 0.2) is 48.7 Å². The van der Waals surface area contributed by atoms with Crippen LogP contribution in [0.2, 0.25) is 0 Å². The van der Waals surface area contributed by atoms with Gasteiger partial charge in [-0.25, -0.2) is 4.68 Å². The topological polar surface area (TPSA) is 63.1 Å². The Hall–Kier alpha value is -2.73. The number of carbonyl (C=O) groups is 1. The van der Waals surface area contributed by atoms with Gasteiger partial charge in [0.05, 0.1) is 23.4 Å². The second-order valence-corrected chi connectivity index (χ2v) is 8.31. The van der Waals surface area contributed by atoms with Gasteiger partial charge in [0.1, 0.15) is 5.82 Å². The van der Waals surface area contributed by atoms with Gasteiger partial charge < -0.3 is 5.32 Å².